The molecule has 0 atom stereocenters. The minimum Gasteiger partial charge on any atom is -0.207 e. The first-order valence-corrected chi connectivity index (χ1v) is 3.63. The fourth-order valence-electron chi connectivity index (χ4n) is 0.749. The SMILES string of the molecule is N#C/C=C(/Cl)c1ccc(F)cc1. The number of hydrogen-bond donors (Lipinski definition) is 0. The molecular weight excluding hydrogens is 177 g/mol. The van der Waals surface area contributed by atoms with Crippen molar-refractivity contribution < 1.29 is 4.39 Å². The molecule has 0 aliphatic heterocycles. The van der Waals surface area contributed by atoms with Crippen LogP contribution < -0.4 is 0 Å². The summed E-state index contributed by atoms with van der Waals surface area (Å²) in [5.74, 6) is -0.319. The van der Waals surface area contributed by atoms with Crippen LogP contribution in [0.1, 0.15) is 5.56 Å². The number of allylic oxidation sites excluding steroid dienone is 1. The van der Waals surface area contributed by atoms with Crippen molar-refractivity contribution >= 4 is 16.6 Å². The van der Waals surface area contributed by atoms with Gasteiger partial charge in [0, 0.05) is 6.08 Å². The second kappa shape index (κ2) is 3.89. The molecule has 0 saturated heterocycles. The van der Waals surface area contributed by atoms with Gasteiger partial charge < -0.3 is 0 Å². The summed E-state index contributed by atoms with van der Waals surface area (Å²) in [7, 11) is 0. The van der Waals surface area contributed by atoms with Crippen LogP contribution in [0, 0.1) is 17.1 Å². The number of halogens is 2. The van der Waals surface area contributed by atoms with Crippen molar-refractivity contribution in [3.63, 3.8) is 0 Å². The van der Waals surface area contributed by atoms with Crippen molar-refractivity contribution in [3.05, 3.63) is 41.7 Å². The van der Waals surface area contributed by atoms with E-state index >= 15 is 0 Å². The average molecular weight is 182 g/mol. The maximum atomic E-state index is 12.4. The van der Waals surface area contributed by atoms with Gasteiger partial charge in [0.25, 0.3) is 0 Å². The minimum atomic E-state index is -0.319. The topological polar surface area (TPSA) is 23.8 Å². The lowest BCUT2D eigenvalue weighted by molar-refractivity contribution is 0.627. The summed E-state index contributed by atoms with van der Waals surface area (Å²) in [4.78, 5) is 0. The van der Waals surface area contributed by atoms with Crippen LogP contribution in [-0.2, 0) is 0 Å². The van der Waals surface area contributed by atoms with Gasteiger partial charge in [0.2, 0.25) is 0 Å². The molecule has 1 nitrogen and oxygen atoms in total. The smallest absolute Gasteiger partial charge is 0.123 e. The largest absolute Gasteiger partial charge is 0.207 e. The molecule has 3 heteroatoms. The van der Waals surface area contributed by atoms with Gasteiger partial charge in [0.05, 0.1) is 11.1 Å². The summed E-state index contributed by atoms with van der Waals surface area (Å²) < 4.78 is 12.4. The Morgan fingerprint density at radius 1 is 1.42 bits per heavy atom. The van der Waals surface area contributed by atoms with Crippen molar-refractivity contribution in [1.29, 1.82) is 5.26 Å². The van der Waals surface area contributed by atoms with Crippen LogP contribution in [-0.4, -0.2) is 0 Å². The molecule has 0 unspecified atom stereocenters. The lowest BCUT2D eigenvalue weighted by Gasteiger charge is -1.95. The Bertz CT molecular complexity index is 335. The predicted molar refractivity (Wildman–Crippen MR) is 45.8 cm³/mol. The lowest BCUT2D eigenvalue weighted by Crippen LogP contribution is -1.77. The standard InChI is InChI=1S/C9H5ClFN/c10-9(5-6-12)7-1-3-8(11)4-2-7/h1-5H/b9-5+. The lowest BCUT2D eigenvalue weighted by atomic mass is 10.2. The molecule has 0 amide bonds. The zero-order valence-electron chi connectivity index (χ0n) is 6.09. The van der Waals surface area contributed by atoms with Crippen LogP contribution >= 0.6 is 11.6 Å². The average Bonchev–Trinajstić information content (AvgIpc) is 2.06. The van der Waals surface area contributed by atoms with Crippen LogP contribution in [0.15, 0.2) is 30.3 Å². The van der Waals surface area contributed by atoms with Gasteiger partial charge in [-0.15, -0.1) is 0 Å². The molecule has 0 heterocycles. The quantitative estimate of drug-likeness (QED) is 0.611. The first-order valence-electron chi connectivity index (χ1n) is 3.25. The van der Waals surface area contributed by atoms with Crippen molar-refractivity contribution in [2.45, 2.75) is 0 Å². The third-order valence-electron chi connectivity index (χ3n) is 1.31. The van der Waals surface area contributed by atoms with Gasteiger partial charge in [-0.05, 0) is 17.7 Å². The normalized spacial score (nSPS) is 10.9. The van der Waals surface area contributed by atoms with Gasteiger partial charge >= 0.3 is 0 Å². The Morgan fingerprint density at radius 3 is 2.50 bits per heavy atom. The van der Waals surface area contributed by atoms with Gasteiger partial charge in [0.1, 0.15) is 5.82 Å². The highest BCUT2D eigenvalue weighted by Gasteiger charge is 1.96. The summed E-state index contributed by atoms with van der Waals surface area (Å²) in [6, 6.07) is 7.42. The third kappa shape index (κ3) is 2.08. The van der Waals surface area contributed by atoms with Crippen LogP contribution in [0.25, 0.3) is 5.03 Å². The van der Waals surface area contributed by atoms with Crippen molar-refractivity contribution in [2.24, 2.45) is 0 Å². The summed E-state index contributed by atoms with van der Waals surface area (Å²) in [6.07, 6.45) is 1.20. The molecule has 1 aromatic rings. The molecule has 0 radical (unpaired) electrons. The second-order valence-electron chi connectivity index (χ2n) is 2.13. The van der Waals surface area contributed by atoms with Gasteiger partial charge in [-0.2, -0.15) is 5.26 Å². The van der Waals surface area contributed by atoms with E-state index in [0.29, 0.717) is 10.6 Å². The molecule has 1 rings (SSSR count). The van der Waals surface area contributed by atoms with Crippen molar-refractivity contribution in [2.75, 3.05) is 0 Å². The summed E-state index contributed by atoms with van der Waals surface area (Å²) >= 11 is 5.67. The first kappa shape index (κ1) is 8.76. The fraction of sp³-hybridized carbons (Fsp3) is 0. The molecule has 1 aromatic carbocycles. The van der Waals surface area contributed by atoms with Gasteiger partial charge in [-0.1, -0.05) is 23.7 Å². The molecule has 60 valence electrons. The first-order chi connectivity index (χ1) is 5.74. The zero-order valence-corrected chi connectivity index (χ0v) is 6.85. The van der Waals surface area contributed by atoms with E-state index in [1.165, 1.54) is 30.3 Å². The Labute approximate surface area is 74.7 Å². The van der Waals surface area contributed by atoms with E-state index in [9.17, 15) is 4.39 Å². The highest BCUT2D eigenvalue weighted by atomic mass is 35.5. The Kier molecular flexibility index (Phi) is 2.84. The number of nitriles is 1. The summed E-state index contributed by atoms with van der Waals surface area (Å²) in [5, 5.41) is 8.58. The Morgan fingerprint density at radius 2 is 2.00 bits per heavy atom. The van der Waals surface area contributed by atoms with E-state index < -0.39 is 0 Å². The van der Waals surface area contributed by atoms with Gasteiger partial charge in [-0.25, -0.2) is 4.39 Å². The van der Waals surface area contributed by atoms with E-state index in [1.807, 2.05) is 0 Å². The number of benzene rings is 1. The summed E-state index contributed by atoms with van der Waals surface area (Å²) in [6.45, 7) is 0. The predicted octanol–water partition coefficient (Wildman–Crippen LogP) is 2.93. The molecule has 0 aliphatic rings. The second-order valence-corrected chi connectivity index (χ2v) is 2.54. The van der Waals surface area contributed by atoms with Gasteiger partial charge in [0.15, 0.2) is 0 Å². The monoisotopic (exact) mass is 181 g/mol. The highest BCUT2D eigenvalue weighted by Crippen LogP contribution is 2.18. The number of hydrogen-bond acceptors (Lipinski definition) is 1. The third-order valence-corrected chi connectivity index (χ3v) is 1.64. The van der Waals surface area contributed by atoms with E-state index in [-0.39, 0.29) is 5.82 Å². The van der Waals surface area contributed by atoms with E-state index in [4.69, 9.17) is 16.9 Å². The zero-order chi connectivity index (χ0) is 8.97. The van der Waals surface area contributed by atoms with Crippen molar-refractivity contribution in [1.82, 2.24) is 0 Å². The molecule has 0 spiro atoms. The Hall–Kier alpha value is -1.33. The van der Waals surface area contributed by atoms with Crippen molar-refractivity contribution in [3.8, 4) is 6.07 Å². The van der Waals surface area contributed by atoms with E-state index in [0.717, 1.165) is 0 Å². The van der Waals surface area contributed by atoms with Crippen LogP contribution in [0.4, 0.5) is 4.39 Å². The Balaban J connectivity index is 2.99. The minimum absolute atomic E-state index is 0.317. The van der Waals surface area contributed by atoms with Crippen LogP contribution in [0.2, 0.25) is 0 Å². The molecule has 0 N–H and O–H groups in total. The maximum Gasteiger partial charge on any atom is 0.123 e. The molecule has 0 fully saturated rings. The number of rotatable bonds is 1. The molecule has 0 aliphatic carbocycles. The molecule has 0 saturated carbocycles. The van der Waals surface area contributed by atoms with E-state index in [1.54, 1.807) is 6.07 Å². The summed E-state index contributed by atoms with van der Waals surface area (Å²) in [5.41, 5.74) is 0.639. The van der Waals surface area contributed by atoms with Crippen LogP contribution in [0.5, 0.6) is 0 Å². The van der Waals surface area contributed by atoms with Gasteiger partial charge in [-0.3, -0.25) is 0 Å². The van der Waals surface area contributed by atoms with E-state index in [2.05, 4.69) is 0 Å². The maximum absolute atomic E-state index is 12.4. The fourth-order valence-corrected chi connectivity index (χ4v) is 0.924. The number of nitrogens with zero attached hydrogens (tertiary/aromatic N) is 1. The molecular formula is C9H5ClFN. The highest BCUT2D eigenvalue weighted by molar-refractivity contribution is 6.48. The molecule has 12 heavy (non-hydrogen) atoms. The molecule has 0 aromatic heterocycles. The molecule has 0 bridgehead atoms. The van der Waals surface area contributed by atoms with Crippen LogP contribution in [0.3, 0.4) is 0 Å².